The fraction of sp³-hybridized carbons (Fsp3) is 0.600. The summed E-state index contributed by atoms with van der Waals surface area (Å²) < 4.78 is 32.5. The van der Waals surface area contributed by atoms with E-state index in [4.69, 9.17) is 10.5 Å². The van der Waals surface area contributed by atoms with Crippen LogP contribution >= 0.6 is 0 Å². The third-order valence-electron chi connectivity index (χ3n) is 3.92. The molecule has 1 heterocycles. The van der Waals surface area contributed by atoms with Crippen molar-refractivity contribution in [3.05, 3.63) is 23.3 Å². The molecule has 1 saturated heterocycles. The van der Waals surface area contributed by atoms with Gasteiger partial charge in [-0.25, -0.2) is 12.7 Å². The van der Waals surface area contributed by atoms with Crippen molar-refractivity contribution in [1.29, 1.82) is 0 Å². The fourth-order valence-electron chi connectivity index (χ4n) is 2.96. The number of hydrogen-bond acceptors (Lipinski definition) is 4. The Hall–Kier alpha value is -1.11. The van der Waals surface area contributed by atoms with E-state index in [2.05, 4.69) is 0 Å². The maximum Gasteiger partial charge on any atom is 0.243 e. The van der Waals surface area contributed by atoms with E-state index in [9.17, 15) is 8.42 Å². The first-order valence-electron chi connectivity index (χ1n) is 7.23. The number of ether oxygens (including phenoxy) is 1. The quantitative estimate of drug-likeness (QED) is 0.862. The van der Waals surface area contributed by atoms with E-state index in [1.807, 2.05) is 0 Å². The molecule has 1 atom stereocenters. The molecule has 5 nitrogen and oxygen atoms in total. The predicted molar refractivity (Wildman–Crippen MR) is 83.7 cm³/mol. The molecule has 2 rings (SSSR count). The number of nitrogens with zero attached hydrogens (tertiary/aromatic N) is 1. The summed E-state index contributed by atoms with van der Waals surface area (Å²) in [5.74, 6) is 0.271. The molecule has 0 aliphatic carbocycles. The standard InChI is InChI=1S/C15H24N2O3S/c1-11-7-14(16)8-12(2)15(11)21(18,19)17(3)9-13-5-4-6-20-10-13/h7-8,13H,4-6,9-10,16H2,1-3H3. The number of aryl methyl sites for hydroxylation is 2. The Labute approximate surface area is 127 Å². The number of hydrogen-bond donors (Lipinski definition) is 1. The molecule has 118 valence electrons. The maximum absolute atomic E-state index is 12.8. The average molecular weight is 312 g/mol. The highest BCUT2D eigenvalue weighted by atomic mass is 32.2. The van der Waals surface area contributed by atoms with Crippen molar-refractivity contribution < 1.29 is 13.2 Å². The molecule has 0 radical (unpaired) electrons. The van der Waals surface area contributed by atoms with Gasteiger partial charge in [0.15, 0.2) is 0 Å². The molecule has 0 amide bonds. The van der Waals surface area contributed by atoms with Crippen molar-refractivity contribution in [1.82, 2.24) is 4.31 Å². The zero-order valence-corrected chi connectivity index (χ0v) is 13.7. The van der Waals surface area contributed by atoms with Crippen molar-refractivity contribution in [2.45, 2.75) is 31.6 Å². The first-order valence-corrected chi connectivity index (χ1v) is 8.67. The molecule has 1 aromatic carbocycles. The number of nitrogens with two attached hydrogens (primary N) is 1. The third kappa shape index (κ3) is 3.56. The molecular formula is C15H24N2O3S. The molecule has 0 spiro atoms. The smallest absolute Gasteiger partial charge is 0.243 e. The highest BCUT2D eigenvalue weighted by Gasteiger charge is 2.27. The summed E-state index contributed by atoms with van der Waals surface area (Å²) >= 11 is 0. The zero-order chi connectivity index (χ0) is 15.6. The number of benzene rings is 1. The lowest BCUT2D eigenvalue weighted by Gasteiger charge is -2.27. The SMILES string of the molecule is Cc1cc(N)cc(C)c1S(=O)(=O)N(C)CC1CCCOC1. The van der Waals surface area contributed by atoms with Crippen LogP contribution in [0.1, 0.15) is 24.0 Å². The lowest BCUT2D eigenvalue weighted by Crippen LogP contribution is -2.35. The van der Waals surface area contributed by atoms with Crippen LogP contribution < -0.4 is 5.73 Å². The van der Waals surface area contributed by atoms with Crippen molar-refractivity contribution >= 4 is 15.7 Å². The summed E-state index contributed by atoms with van der Waals surface area (Å²) in [7, 11) is -1.86. The minimum atomic E-state index is -3.49. The second kappa shape index (κ2) is 6.34. The Bertz CT molecular complexity index is 584. The van der Waals surface area contributed by atoms with Gasteiger partial charge in [-0.3, -0.25) is 0 Å². The van der Waals surface area contributed by atoms with Gasteiger partial charge >= 0.3 is 0 Å². The van der Waals surface area contributed by atoms with Crippen LogP contribution in [0.15, 0.2) is 17.0 Å². The van der Waals surface area contributed by atoms with E-state index in [0.29, 0.717) is 34.9 Å². The highest BCUT2D eigenvalue weighted by molar-refractivity contribution is 7.89. The van der Waals surface area contributed by atoms with Crippen LogP contribution in [0, 0.1) is 19.8 Å². The Morgan fingerprint density at radius 2 is 1.95 bits per heavy atom. The van der Waals surface area contributed by atoms with Crippen molar-refractivity contribution in [2.75, 3.05) is 32.5 Å². The summed E-state index contributed by atoms with van der Waals surface area (Å²) in [5.41, 5.74) is 7.75. The van der Waals surface area contributed by atoms with E-state index in [-0.39, 0.29) is 5.92 Å². The minimum Gasteiger partial charge on any atom is -0.399 e. The Morgan fingerprint density at radius 1 is 1.33 bits per heavy atom. The Morgan fingerprint density at radius 3 is 2.48 bits per heavy atom. The van der Waals surface area contributed by atoms with Gasteiger partial charge in [0.25, 0.3) is 0 Å². The molecule has 2 N–H and O–H groups in total. The maximum atomic E-state index is 12.8. The summed E-state index contributed by atoms with van der Waals surface area (Å²) in [6.45, 7) is 5.48. The van der Waals surface area contributed by atoms with Crippen LogP contribution in [0.2, 0.25) is 0 Å². The highest BCUT2D eigenvalue weighted by Crippen LogP contribution is 2.26. The van der Waals surface area contributed by atoms with Crippen LogP contribution in [0.25, 0.3) is 0 Å². The van der Waals surface area contributed by atoms with Crippen LogP contribution in [0.3, 0.4) is 0 Å². The largest absolute Gasteiger partial charge is 0.399 e. The van der Waals surface area contributed by atoms with E-state index in [0.717, 1.165) is 19.4 Å². The molecule has 6 heteroatoms. The first kappa shape index (κ1) is 16.3. The Kier molecular flexibility index (Phi) is 4.91. The van der Waals surface area contributed by atoms with E-state index in [1.165, 1.54) is 4.31 Å². The van der Waals surface area contributed by atoms with Crippen LogP contribution in [-0.4, -0.2) is 39.5 Å². The molecule has 0 saturated carbocycles. The lowest BCUT2D eigenvalue weighted by atomic mass is 10.0. The first-order chi connectivity index (χ1) is 9.82. The van der Waals surface area contributed by atoms with Gasteiger partial charge in [0.05, 0.1) is 11.5 Å². The summed E-state index contributed by atoms with van der Waals surface area (Å²) in [6, 6.07) is 3.41. The van der Waals surface area contributed by atoms with Gasteiger partial charge in [-0.2, -0.15) is 0 Å². The van der Waals surface area contributed by atoms with Gasteiger partial charge in [0.1, 0.15) is 0 Å². The molecule has 1 unspecified atom stereocenters. The van der Waals surface area contributed by atoms with Gasteiger partial charge < -0.3 is 10.5 Å². The normalized spacial score (nSPS) is 19.9. The van der Waals surface area contributed by atoms with Crippen LogP contribution in [0.5, 0.6) is 0 Å². The molecule has 1 aliphatic heterocycles. The van der Waals surface area contributed by atoms with Crippen LogP contribution in [0.4, 0.5) is 5.69 Å². The second-order valence-corrected chi connectivity index (χ2v) is 7.83. The lowest BCUT2D eigenvalue weighted by molar-refractivity contribution is 0.0495. The molecular weight excluding hydrogens is 288 g/mol. The van der Waals surface area contributed by atoms with Crippen molar-refractivity contribution in [3.8, 4) is 0 Å². The zero-order valence-electron chi connectivity index (χ0n) is 12.9. The fourth-order valence-corrected chi connectivity index (χ4v) is 4.61. The molecule has 0 aromatic heterocycles. The number of sulfonamides is 1. The van der Waals surface area contributed by atoms with E-state index >= 15 is 0 Å². The number of anilines is 1. The summed E-state index contributed by atoms with van der Waals surface area (Å²) in [5, 5.41) is 0. The number of rotatable bonds is 4. The number of nitrogen functional groups attached to an aromatic ring is 1. The molecule has 1 aromatic rings. The second-order valence-electron chi connectivity index (χ2n) is 5.85. The van der Waals surface area contributed by atoms with Crippen molar-refractivity contribution in [3.63, 3.8) is 0 Å². The van der Waals surface area contributed by atoms with Crippen molar-refractivity contribution in [2.24, 2.45) is 5.92 Å². The molecule has 1 aliphatic rings. The van der Waals surface area contributed by atoms with Gasteiger partial charge in [-0.1, -0.05) is 0 Å². The van der Waals surface area contributed by atoms with E-state index < -0.39 is 10.0 Å². The minimum absolute atomic E-state index is 0.271. The summed E-state index contributed by atoms with van der Waals surface area (Å²) in [4.78, 5) is 0.371. The van der Waals surface area contributed by atoms with Crippen LogP contribution in [-0.2, 0) is 14.8 Å². The van der Waals surface area contributed by atoms with E-state index in [1.54, 1.807) is 33.0 Å². The van der Waals surface area contributed by atoms with Gasteiger partial charge in [0, 0.05) is 25.9 Å². The molecule has 21 heavy (non-hydrogen) atoms. The van der Waals surface area contributed by atoms with Gasteiger partial charge in [-0.15, -0.1) is 0 Å². The van der Waals surface area contributed by atoms with Gasteiger partial charge in [0.2, 0.25) is 10.0 Å². The summed E-state index contributed by atoms with van der Waals surface area (Å²) in [6.07, 6.45) is 2.01. The molecule has 1 fully saturated rings. The molecule has 0 bridgehead atoms. The monoisotopic (exact) mass is 312 g/mol. The topological polar surface area (TPSA) is 72.6 Å². The van der Waals surface area contributed by atoms with Gasteiger partial charge in [-0.05, 0) is 55.9 Å². The Balaban J connectivity index is 2.24. The predicted octanol–water partition coefficient (Wildman–Crippen LogP) is 1.93. The third-order valence-corrected chi connectivity index (χ3v) is 6.05. The average Bonchev–Trinajstić information content (AvgIpc) is 2.38.